The zero-order valence-corrected chi connectivity index (χ0v) is 18.7. The van der Waals surface area contributed by atoms with E-state index in [0.717, 1.165) is 37.2 Å². The van der Waals surface area contributed by atoms with Crippen LogP contribution in [0.15, 0.2) is 24.5 Å². The van der Waals surface area contributed by atoms with Crippen molar-refractivity contribution in [1.29, 1.82) is 0 Å². The van der Waals surface area contributed by atoms with Gasteiger partial charge in [0.1, 0.15) is 18.6 Å². The summed E-state index contributed by atoms with van der Waals surface area (Å²) in [6.07, 6.45) is 9.10. The first-order valence-electron chi connectivity index (χ1n) is 11.4. The van der Waals surface area contributed by atoms with Crippen molar-refractivity contribution in [2.45, 2.75) is 70.7 Å². The molecule has 6 heteroatoms. The summed E-state index contributed by atoms with van der Waals surface area (Å²) in [5, 5.41) is 4.64. The minimum Gasteiger partial charge on any atom is -0.487 e. The number of hydrogen-bond donors (Lipinski definition) is 0. The fraction of sp³-hybridized carbons (Fsp3) is 0.625. The molecule has 1 atom stereocenters. The number of benzene rings is 1. The number of fused-ring (bicyclic) bond motifs is 1. The topological polar surface area (TPSA) is 42.8 Å². The van der Waals surface area contributed by atoms with E-state index in [4.69, 9.17) is 9.47 Å². The molecule has 162 valence electrons. The van der Waals surface area contributed by atoms with Crippen molar-refractivity contribution in [2.75, 3.05) is 31.8 Å². The average Bonchev–Trinajstić information content (AvgIpc) is 3.43. The highest BCUT2D eigenvalue weighted by molar-refractivity contribution is 5.77. The summed E-state index contributed by atoms with van der Waals surface area (Å²) in [5.41, 5.74) is 4.92. The molecule has 2 fully saturated rings. The van der Waals surface area contributed by atoms with E-state index in [-0.39, 0.29) is 6.10 Å². The van der Waals surface area contributed by atoms with Gasteiger partial charge in [-0.2, -0.15) is 5.10 Å². The van der Waals surface area contributed by atoms with Crippen LogP contribution >= 0.6 is 0 Å². The fourth-order valence-corrected chi connectivity index (χ4v) is 4.72. The number of anilines is 1. The molecule has 0 unspecified atom stereocenters. The van der Waals surface area contributed by atoms with Gasteiger partial charge in [-0.3, -0.25) is 9.58 Å². The predicted molar refractivity (Wildman–Crippen MR) is 119 cm³/mol. The fourth-order valence-electron chi connectivity index (χ4n) is 4.72. The molecule has 0 spiro atoms. The number of rotatable bonds is 7. The van der Waals surface area contributed by atoms with Crippen LogP contribution in [0, 0.1) is 0 Å². The molecular formula is C24H34N4O2. The summed E-state index contributed by atoms with van der Waals surface area (Å²) in [5.74, 6) is 1.06. The molecule has 3 aliphatic rings. The van der Waals surface area contributed by atoms with Crippen LogP contribution in [-0.4, -0.2) is 59.8 Å². The quantitative estimate of drug-likeness (QED) is 0.687. The minimum atomic E-state index is 0.256. The van der Waals surface area contributed by atoms with Gasteiger partial charge in [0.2, 0.25) is 0 Å². The van der Waals surface area contributed by atoms with Crippen LogP contribution in [-0.2, 0) is 11.2 Å². The summed E-state index contributed by atoms with van der Waals surface area (Å²) in [7, 11) is 1.77. The van der Waals surface area contributed by atoms with Crippen LogP contribution in [0.25, 0.3) is 11.1 Å². The summed E-state index contributed by atoms with van der Waals surface area (Å²) in [6.45, 7) is 9.39. The van der Waals surface area contributed by atoms with Gasteiger partial charge in [0.05, 0.1) is 12.2 Å². The molecule has 0 radical (unpaired) electrons. The second-order valence-corrected chi connectivity index (χ2v) is 9.44. The lowest BCUT2D eigenvalue weighted by atomic mass is 9.92. The second-order valence-electron chi connectivity index (χ2n) is 9.44. The van der Waals surface area contributed by atoms with Crippen LogP contribution < -0.4 is 9.64 Å². The lowest BCUT2D eigenvalue weighted by Crippen LogP contribution is -2.56. The van der Waals surface area contributed by atoms with Gasteiger partial charge in [-0.05, 0) is 58.6 Å². The normalized spacial score (nSPS) is 22.3. The van der Waals surface area contributed by atoms with E-state index in [9.17, 15) is 0 Å². The molecule has 1 saturated heterocycles. The van der Waals surface area contributed by atoms with Crippen molar-refractivity contribution in [3.63, 3.8) is 0 Å². The SMILES string of the molecule is COCN1c2ccc(-c3cnn(C4CC4)c3)c(OC3CN(C(C)C)C3)c2CC[C@@H]1C. The number of likely N-dealkylation sites (tertiary alicyclic amines) is 1. The summed E-state index contributed by atoms with van der Waals surface area (Å²) >= 11 is 0. The monoisotopic (exact) mass is 410 g/mol. The molecule has 30 heavy (non-hydrogen) atoms. The Bertz CT molecular complexity index is 899. The highest BCUT2D eigenvalue weighted by Crippen LogP contribution is 2.44. The van der Waals surface area contributed by atoms with E-state index in [0.29, 0.717) is 24.9 Å². The van der Waals surface area contributed by atoms with Crippen molar-refractivity contribution < 1.29 is 9.47 Å². The molecule has 5 rings (SSSR count). The Morgan fingerprint density at radius 2 is 1.97 bits per heavy atom. The summed E-state index contributed by atoms with van der Waals surface area (Å²) in [6, 6.07) is 6.10. The summed E-state index contributed by atoms with van der Waals surface area (Å²) in [4.78, 5) is 4.83. The van der Waals surface area contributed by atoms with Crippen molar-refractivity contribution in [2.24, 2.45) is 0 Å². The maximum Gasteiger partial charge on any atom is 0.133 e. The van der Waals surface area contributed by atoms with Crippen LogP contribution in [0.1, 0.15) is 51.6 Å². The van der Waals surface area contributed by atoms with Crippen LogP contribution in [0.2, 0.25) is 0 Å². The highest BCUT2D eigenvalue weighted by atomic mass is 16.5. The average molecular weight is 411 g/mol. The predicted octanol–water partition coefficient (Wildman–Crippen LogP) is 4.10. The lowest BCUT2D eigenvalue weighted by Gasteiger charge is -2.43. The maximum absolute atomic E-state index is 6.72. The van der Waals surface area contributed by atoms with Crippen molar-refractivity contribution >= 4 is 5.69 Å². The Hall–Kier alpha value is -2.05. The molecule has 1 aromatic heterocycles. The third-order valence-electron chi connectivity index (χ3n) is 6.88. The van der Waals surface area contributed by atoms with Gasteiger partial charge in [0, 0.05) is 60.9 Å². The third kappa shape index (κ3) is 3.60. The molecule has 0 bridgehead atoms. The van der Waals surface area contributed by atoms with Crippen molar-refractivity contribution in [3.8, 4) is 16.9 Å². The van der Waals surface area contributed by atoms with E-state index >= 15 is 0 Å². The molecular weight excluding hydrogens is 376 g/mol. The molecule has 2 aromatic rings. The molecule has 3 heterocycles. The van der Waals surface area contributed by atoms with E-state index in [1.165, 1.54) is 29.7 Å². The Morgan fingerprint density at radius 3 is 2.67 bits per heavy atom. The molecule has 2 aliphatic heterocycles. The van der Waals surface area contributed by atoms with Crippen LogP contribution in [0.3, 0.4) is 0 Å². The first-order chi connectivity index (χ1) is 14.5. The highest BCUT2D eigenvalue weighted by Gasteiger charge is 2.34. The molecule has 1 saturated carbocycles. The zero-order valence-electron chi connectivity index (χ0n) is 18.7. The van der Waals surface area contributed by atoms with Gasteiger partial charge < -0.3 is 14.4 Å². The standard InChI is InChI=1S/C24H34N4O2/c1-16(2)26-13-20(14-26)30-24-21(18-11-25-28(12-18)19-6-7-19)9-10-23-22(24)8-5-17(3)27(23)15-29-4/h9-12,16-17,19-20H,5-8,13-15H2,1-4H3/t17-/m0/s1. The second kappa shape index (κ2) is 7.89. The lowest BCUT2D eigenvalue weighted by molar-refractivity contribution is -0.0000838. The minimum absolute atomic E-state index is 0.256. The Balaban J connectivity index is 1.51. The first kappa shape index (κ1) is 19.9. The zero-order chi connectivity index (χ0) is 20.8. The number of hydrogen-bond acceptors (Lipinski definition) is 5. The number of methoxy groups -OCH3 is 1. The van der Waals surface area contributed by atoms with Gasteiger partial charge in [-0.15, -0.1) is 0 Å². The van der Waals surface area contributed by atoms with E-state index < -0.39 is 0 Å². The van der Waals surface area contributed by atoms with Gasteiger partial charge in [-0.1, -0.05) is 0 Å². The van der Waals surface area contributed by atoms with Crippen LogP contribution in [0.5, 0.6) is 5.75 Å². The van der Waals surface area contributed by atoms with Gasteiger partial charge in [0.25, 0.3) is 0 Å². The molecule has 6 nitrogen and oxygen atoms in total. The summed E-state index contributed by atoms with van der Waals surface area (Å²) < 4.78 is 14.4. The van der Waals surface area contributed by atoms with E-state index in [2.05, 4.69) is 58.7 Å². The Labute approximate surface area is 179 Å². The van der Waals surface area contributed by atoms with Crippen LogP contribution in [0.4, 0.5) is 5.69 Å². The molecule has 1 aliphatic carbocycles. The van der Waals surface area contributed by atoms with E-state index in [1.54, 1.807) is 7.11 Å². The smallest absolute Gasteiger partial charge is 0.133 e. The first-order valence-corrected chi connectivity index (χ1v) is 11.4. The number of aromatic nitrogens is 2. The molecule has 0 N–H and O–H groups in total. The number of nitrogens with zero attached hydrogens (tertiary/aromatic N) is 4. The van der Waals surface area contributed by atoms with E-state index in [1.807, 2.05) is 6.20 Å². The van der Waals surface area contributed by atoms with Gasteiger partial charge >= 0.3 is 0 Å². The molecule has 1 aromatic carbocycles. The van der Waals surface area contributed by atoms with Crippen molar-refractivity contribution in [3.05, 3.63) is 30.1 Å². The van der Waals surface area contributed by atoms with Gasteiger partial charge in [-0.25, -0.2) is 0 Å². The third-order valence-corrected chi connectivity index (χ3v) is 6.88. The molecule has 0 amide bonds. The van der Waals surface area contributed by atoms with Gasteiger partial charge in [0.15, 0.2) is 0 Å². The number of ether oxygens (including phenoxy) is 2. The Morgan fingerprint density at radius 1 is 1.17 bits per heavy atom. The Kier molecular flexibility index (Phi) is 5.23. The van der Waals surface area contributed by atoms with Crippen molar-refractivity contribution in [1.82, 2.24) is 14.7 Å². The largest absolute Gasteiger partial charge is 0.487 e. The maximum atomic E-state index is 6.72.